The Balaban J connectivity index is 1.83. The number of phenols is 1. The van der Waals surface area contributed by atoms with Gasteiger partial charge in [0, 0.05) is 0 Å². The molecule has 2 aromatic carbocycles. The number of amides is 2. The number of nitrogens with one attached hydrogen (secondary N) is 2. The Kier molecular flexibility index (Phi) is 3.31. The maximum Gasteiger partial charge on any atom is 0.248 e. The first-order valence-corrected chi connectivity index (χ1v) is 6.60. The minimum Gasteiger partial charge on any atom is -0.508 e. The van der Waals surface area contributed by atoms with Crippen molar-refractivity contribution in [3.8, 4) is 5.75 Å². The lowest BCUT2D eigenvalue weighted by Gasteiger charge is -2.30. The standard InChI is InChI=1S/C16H14N2O3/c19-12-8-6-11(7-9-12)14-16(21)17-13(15(20)18-14)10-4-2-1-3-5-10/h1-9,13-14,19H,(H,17,21)(H,18,20)/t13-,14+/m0/s1. The highest BCUT2D eigenvalue weighted by Crippen LogP contribution is 2.24. The third-order valence-electron chi connectivity index (χ3n) is 3.46. The minimum atomic E-state index is -0.738. The molecule has 106 valence electrons. The van der Waals surface area contributed by atoms with Gasteiger partial charge in [-0.25, -0.2) is 0 Å². The van der Waals surface area contributed by atoms with E-state index in [-0.39, 0.29) is 17.6 Å². The summed E-state index contributed by atoms with van der Waals surface area (Å²) in [4.78, 5) is 24.4. The van der Waals surface area contributed by atoms with Crippen LogP contribution in [0.25, 0.3) is 0 Å². The summed E-state index contributed by atoms with van der Waals surface area (Å²) in [6.07, 6.45) is 0. The highest BCUT2D eigenvalue weighted by molar-refractivity contribution is 5.98. The number of rotatable bonds is 2. The Labute approximate surface area is 121 Å². The molecular weight excluding hydrogens is 268 g/mol. The van der Waals surface area contributed by atoms with E-state index in [2.05, 4.69) is 10.6 Å². The normalized spacial score (nSPS) is 21.5. The van der Waals surface area contributed by atoms with E-state index in [1.165, 1.54) is 12.1 Å². The second kappa shape index (κ2) is 5.28. The van der Waals surface area contributed by atoms with Crippen molar-refractivity contribution in [2.45, 2.75) is 12.1 Å². The highest BCUT2D eigenvalue weighted by Gasteiger charge is 2.35. The molecule has 21 heavy (non-hydrogen) atoms. The van der Waals surface area contributed by atoms with Crippen LogP contribution in [0.3, 0.4) is 0 Å². The van der Waals surface area contributed by atoms with Gasteiger partial charge in [-0.3, -0.25) is 9.59 Å². The van der Waals surface area contributed by atoms with E-state index >= 15 is 0 Å². The van der Waals surface area contributed by atoms with Crippen molar-refractivity contribution in [3.63, 3.8) is 0 Å². The Morgan fingerprint density at radius 2 is 1.19 bits per heavy atom. The van der Waals surface area contributed by atoms with Gasteiger partial charge in [-0.1, -0.05) is 42.5 Å². The fraction of sp³-hybridized carbons (Fsp3) is 0.125. The molecule has 0 aromatic heterocycles. The van der Waals surface area contributed by atoms with Gasteiger partial charge < -0.3 is 15.7 Å². The number of aromatic hydroxyl groups is 1. The average molecular weight is 282 g/mol. The van der Waals surface area contributed by atoms with E-state index in [9.17, 15) is 14.7 Å². The smallest absolute Gasteiger partial charge is 0.248 e. The summed E-state index contributed by atoms with van der Waals surface area (Å²) in [7, 11) is 0. The van der Waals surface area contributed by atoms with E-state index in [0.717, 1.165) is 5.56 Å². The van der Waals surface area contributed by atoms with Gasteiger partial charge in [0.15, 0.2) is 0 Å². The van der Waals surface area contributed by atoms with Crippen LogP contribution in [0, 0.1) is 0 Å². The van der Waals surface area contributed by atoms with E-state index in [1.807, 2.05) is 18.2 Å². The molecule has 0 spiro atoms. The molecule has 1 aliphatic rings. The number of hydrogen-bond acceptors (Lipinski definition) is 3. The number of carbonyl (C=O) groups is 2. The van der Waals surface area contributed by atoms with Gasteiger partial charge in [0.05, 0.1) is 0 Å². The highest BCUT2D eigenvalue weighted by atomic mass is 16.3. The Hall–Kier alpha value is -2.82. The second-order valence-corrected chi connectivity index (χ2v) is 4.89. The molecule has 1 aliphatic heterocycles. The van der Waals surface area contributed by atoms with Crippen LogP contribution in [0.4, 0.5) is 0 Å². The number of carbonyl (C=O) groups excluding carboxylic acids is 2. The molecule has 0 radical (unpaired) electrons. The molecule has 1 saturated heterocycles. The van der Waals surface area contributed by atoms with Crippen molar-refractivity contribution in [2.75, 3.05) is 0 Å². The summed E-state index contributed by atoms with van der Waals surface area (Å²) in [5, 5.41) is 14.7. The first-order chi connectivity index (χ1) is 10.1. The molecule has 0 bridgehead atoms. The predicted molar refractivity (Wildman–Crippen MR) is 76.3 cm³/mol. The van der Waals surface area contributed by atoms with Crippen LogP contribution < -0.4 is 10.6 Å². The molecule has 3 N–H and O–H groups in total. The largest absolute Gasteiger partial charge is 0.508 e. The SMILES string of the molecule is O=C1N[C@H](c2ccc(O)cc2)C(=O)N[C@H]1c1ccccc1. The van der Waals surface area contributed by atoms with Crippen LogP contribution in [0.5, 0.6) is 5.75 Å². The van der Waals surface area contributed by atoms with Crippen LogP contribution in [0.2, 0.25) is 0 Å². The van der Waals surface area contributed by atoms with Crippen molar-refractivity contribution in [1.82, 2.24) is 10.6 Å². The number of piperazine rings is 1. The molecule has 5 heteroatoms. The summed E-state index contributed by atoms with van der Waals surface area (Å²) >= 11 is 0. The van der Waals surface area contributed by atoms with Crippen molar-refractivity contribution < 1.29 is 14.7 Å². The van der Waals surface area contributed by atoms with Gasteiger partial charge in [-0.05, 0) is 23.3 Å². The zero-order valence-electron chi connectivity index (χ0n) is 11.1. The molecular formula is C16H14N2O3. The molecule has 5 nitrogen and oxygen atoms in total. The molecule has 2 atom stereocenters. The minimum absolute atomic E-state index is 0.114. The molecule has 0 saturated carbocycles. The zero-order valence-corrected chi connectivity index (χ0v) is 11.1. The van der Waals surface area contributed by atoms with Gasteiger partial charge in [0.2, 0.25) is 11.8 Å². The predicted octanol–water partition coefficient (Wildman–Crippen LogP) is 1.42. The van der Waals surface area contributed by atoms with Gasteiger partial charge in [0.1, 0.15) is 17.8 Å². The first kappa shape index (κ1) is 13.2. The van der Waals surface area contributed by atoms with Crippen LogP contribution in [-0.2, 0) is 9.59 Å². The molecule has 2 amide bonds. The number of phenolic OH excluding ortho intramolecular Hbond substituents is 1. The Morgan fingerprint density at radius 1 is 0.714 bits per heavy atom. The van der Waals surface area contributed by atoms with Crippen LogP contribution in [0.15, 0.2) is 54.6 Å². The maximum absolute atomic E-state index is 12.2. The third-order valence-corrected chi connectivity index (χ3v) is 3.46. The van der Waals surface area contributed by atoms with Crippen LogP contribution in [0.1, 0.15) is 23.2 Å². The molecule has 2 aromatic rings. The van der Waals surface area contributed by atoms with Crippen molar-refractivity contribution in [1.29, 1.82) is 0 Å². The molecule has 0 unspecified atom stereocenters. The van der Waals surface area contributed by atoms with Gasteiger partial charge in [0.25, 0.3) is 0 Å². The summed E-state index contributed by atoms with van der Waals surface area (Å²) in [5.74, 6) is -0.406. The fourth-order valence-electron chi connectivity index (χ4n) is 2.36. The quantitative estimate of drug-likeness (QED) is 0.779. The van der Waals surface area contributed by atoms with Crippen LogP contribution in [-0.4, -0.2) is 16.9 Å². The summed E-state index contributed by atoms with van der Waals surface area (Å²) in [6.45, 7) is 0. The number of benzene rings is 2. The van der Waals surface area contributed by atoms with E-state index in [0.29, 0.717) is 5.56 Å². The van der Waals surface area contributed by atoms with Crippen molar-refractivity contribution >= 4 is 11.8 Å². The Bertz CT molecular complexity index is 668. The van der Waals surface area contributed by atoms with Gasteiger partial charge >= 0.3 is 0 Å². The summed E-state index contributed by atoms with van der Waals surface area (Å²) in [5.41, 5.74) is 1.37. The fourth-order valence-corrected chi connectivity index (χ4v) is 2.36. The molecule has 0 aliphatic carbocycles. The van der Waals surface area contributed by atoms with Gasteiger partial charge in [-0.15, -0.1) is 0 Å². The number of hydrogen-bond donors (Lipinski definition) is 3. The van der Waals surface area contributed by atoms with E-state index < -0.39 is 12.1 Å². The monoisotopic (exact) mass is 282 g/mol. The summed E-state index contributed by atoms with van der Waals surface area (Å²) in [6, 6.07) is 13.9. The van der Waals surface area contributed by atoms with E-state index in [1.54, 1.807) is 24.3 Å². The Morgan fingerprint density at radius 3 is 1.71 bits per heavy atom. The topological polar surface area (TPSA) is 78.4 Å². The summed E-state index contributed by atoms with van der Waals surface area (Å²) < 4.78 is 0. The second-order valence-electron chi connectivity index (χ2n) is 4.89. The van der Waals surface area contributed by atoms with Crippen molar-refractivity contribution in [2.24, 2.45) is 0 Å². The lowest BCUT2D eigenvalue weighted by molar-refractivity contribution is -0.137. The molecule has 1 fully saturated rings. The van der Waals surface area contributed by atoms with Gasteiger partial charge in [-0.2, -0.15) is 0 Å². The van der Waals surface area contributed by atoms with E-state index in [4.69, 9.17) is 0 Å². The zero-order chi connectivity index (χ0) is 14.8. The van der Waals surface area contributed by atoms with Crippen molar-refractivity contribution in [3.05, 3.63) is 65.7 Å². The molecule has 3 rings (SSSR count). The molecule has 1 heterocycles. The lowest BCUT2D eigenvalue weighted by Crippen LogP contribution is -2.52. The maximum atomic E-state index is 12.2. The average Bonchev–Trinajstić information content (AvgIpc) is 2.51. The first-order valence-electron chi connectivity index (χ1n) is 6.60. The lowest BCUT2D eigenvalue weighted by atomic mass is 9.98. The third kappa shape index (κ3) is 2.58. The van der Waals surface area contributed by atoms with Crippen LogP contribution >= 0.6 is 0 Å².